The van der Waals surface area contributed by atoms with E-state index in [9.17, 15) is 4.79 Å². The summed E-state index contributed by atoms with van der Waals surface area (Å²) in [6.07, 6.45) is 40.7. The average molecular weight is 1940 g/mol. The van der Waals surface area contributed by atoms with Gasteiger partial charge in [-0.25, -0.2) is 24.9 Å². The maximum Gasteiger partial charge on any atom is 0.219 e. The molecule has 1 amide bonds. The van der Waals surface area contributed by atoms with Crippen LogP contribution in [-0.4, -0.2) is 236 Å². The molecule has 6 aliphatic rings. The second kappa shape index (κ2) is 69.1. The second-order valence-corrected chi connectivity index (χ2v) is 48.2. The summed E-state index contributed by atoms with van der Waals surface area (Å²) in [5, 5.41) is 8.50. The Kier molecular flexibility index (Phi) is 64.6. The van der Waals surface area contributed by atoms with Crippen LogP contribution in [0.3, 0.4) is 0 Å². The average Bonchev–Trinajstić information content (AvgIpc) is 1.74. The van der Waals surface area contributed by atoms with Crippen LogP contribution in [0.1, 0.15) is 410 Å². The van der Waals surface area contributed by atoms with Gasteiger partial charge in [-0.2, -0.15) is 0 Å². The third-order valence-electron chi connectivity index (χ3n) is 24.7. The zero-order valence-electron chi connectivity index (χ0n) is 93.4. The number of pyridine rings is 2. The van der Waals surface area contributed by atoms with E-state index in [0.717, 1.165) is 73.2 Å². The molecule has 12 heterocycles. The summed E-state index contributed by atoms with van der Waals surface area (Å²) in [5.74, 6) is 4.50. The first kappa shape index (κ1) is 126. The maximum atomic E-state index is 11.1. The molecule has 0 N–H and O–H groups in total. The standard InChI is InChI=1S/2C14H29N.C11H21NO2.C11H23NO.C11H17N.C10H18N2S.C9H11N3S.C9H13NO.C9H19NO.C9H19N.C6H9NS/c2*1-5-10-15-11-7-13(8-12-15)6-9-14(2,3)4;1-9(13)12-7-5-10(6-8-12)14-11(2,3)4;1-4-7-12-8-5-11(6-9-12)13-10(2)3;1-11(2,3)8-7-10-6-4-5-9-12-10;1-5-12(6-2)10-11-9(7-13-10)8(3)4;1-7(2)8-5-13-9(11-8)12-4-3-10-6-12;1-9(2,3)11-8-6-4-5-7-10-8;1-3-6-10-7-4-9(11-2)5-8-10;1-9(2,3)10-7-5-4-6-8-10;1-5(2)6-3-8-4-7-6/h2*13H,5-12H2,1-4H3;10H,5-8H2,1-4H3;10-11H,4-9H2,1-3H3;4-6,9H,7-8H2,1-3H3;7-8H,5-6H2,1-4H3;3-7H,1-2H3;4-7H,1-3H3;9H,3-8H2,1-2H3;4-8H2,1-3H3;3-5H,1-2H3. The van der Waals surface area contributed by atoms with Gasteiger partial charge in [-0.05, 0) is 361 Å². The van der Waals surface area contributed by atoms with E-state index in [4.69, 9.17) is 18.9 Å². The predicted molar refractivity (Wildman–Crippen MR) is 586 cm³/mol. The molecule has 22 heteroatoms. The summed E-state index contributed by atoms with van der Waals surface area (Å²) in [6.45, 7) is 94.1. The van der Waals surface area contributed by atoms with E-state index in [1.54, 1.807) is 59.7 Å². The molecule has 6 aromatic rings. The van der Waals surface area contributed by atoms with Crippen LogP contribution in [0.5, 0.6) is 5.88 Å². The number of aromatic nitrogens is 7. The van der Waals surface area contributed by atoms with Gasteiger partial charge >= 0.3 is 0 Å². The van der Waals surface area contributed by atoms with E-state index in [-0.39, 0.29) is 17.1 Å². The van der Waals surface area contributed by atoms with E-state index in [2.05, 4.69) is 282 Å². The van der Waals surface area contributed by atoms with Crippen molar-refractivity contribution in [3.63, 3.8) is 0 Å². The van der Waals surface area contributed by atoms with Crippen molar-refractivity contribution in [2.75, 3.05) is 130 Å². The number of thiazole rings is 3. The van der Waals surface area contributed by atoms with Gasteiger partial charge in [-0.1, -0.05) is 150 Å². The maximum absolute atomic E-state index is 11.1. The Morgan fingerprint density at radius 2 is 0.919 bits per heavy atom. The van der Waals surface area contributed by atoms with Crippen molar-refractivity contribution >= 4 is 45.0 Å². The second-order valence-electron chi connectivity index (χ2n) is 45.8. The lowest BCUT2D eigenvalue weighted by atomic mass is 9.83. The third-order valence-corrected chi connectivity index (χ3v) is 27.1. The molecular weight excluding hydrogens is 1730 g/mol. The first-order chi connectivity index (χ1) is 63.5. The van der Waals surface area contributed by atoms with Crippen LogP contribution in [0.2, 0.25) is 0 Å². The number of rotatable bonds is 26. The SMILES string of the molecule is CC(=O)N1CCC(OC(C)(C)C)CC1.CC(C)(C)CCc1ccccn1.CC(C)(C)N1CCCCC1.CC(C)(C)Oc1ccccn1.CC(C)c1csc(-n2ccnc2)n1.CC(C)c1cscn1.CCCN1CCC(CCC(C)(C)C)CC1.CCCN1CCC(CCC(C)(C)C)CC1.CCCN1CCC(OC(C)C)CC1.CCCN1CCC(OC)CC1.CCN(CC)c1nc(C(C)C)cs1. The van der Waals surface area contributed by atoms with E-state index in [1.165, 1.54) is 237 Å². The zero-order valence-corrected chi connectivity index (χ0v) is 95.8. The van der Waals surface area contributed by atoms with E-state index in [0.29, 0.717) is 69.8 Å². The fraction of sp³-hybridized carbons (Fsp3) is 0.796. The molecular formula is C113H208N14O5S3. The van der Waals surface area contributed by atoms with Gasteiger partial charge in [-0.15, -0.1) is 34.0 Å². The van der Waals surface area contributed by atoms with E-state index < -0.39 is 0 Å². The molecule has 0 atom stereocenters. The minimum atomic E-state index is -0.158. The number of likely N-dealkylation sites (tertiary alicyclic amines) is 6. The number of hydrogen-bond donors (Lipinski definition) is 0. The molecule has 0 spiro atoms. The zero-order chi connectivity index (χ0) is 101. The van der Waals surface area contributed by atoms with Gasteiger partial charge in [0.05, 0.1) is 52.6 Å². The highest BCUT2D eigenvalue weighted by Gasteiger charge is 2.28. The molecule has 0 aliphatic carbocycles. The van der Waals surface area contributed by atoms with Crippen molar-refractivity contribution in [2.24, 2.45) is 28.1 Å². The predicted octanol–water partition coefficient (Wildman–Crippen LogP) is 28.9. The highest BCUT2D eigenvalue weighted by molar-refractivity contribution is 7.13. The number of amides is 1. The Morgan fingerprint density at radius 1 is 0.474 bits per heavy atom. The summed E-state index contributed by atoms with van der Waals surface area (Å²) in [7, 11) is 1.82. The monoisotopic (exact) mass is 1940 g/mol. The van der Waals surface area contributed by atoms with Gasteiger partial charge in [0.25, 0.3) is 0 Å². The van der Waals surface area contributed by atoms with Crippen LogP contribution in [0.4, 0.5) is 5.13 Å². The van der Waals surface area contributed by atoms with Crippen molar-refractivity contribution in [1.82, 2.24) is 63.9 Å². The molecule has 12 rings (SSSR count). The number of aryl methyl sites for hydroxylation is 1. The molecule has 0 radical (unpaired) electrons. The number of nitrogens with zero attached hydrogens (tertiary/aromatic N) is 14. The molecule has 0 unspecified atom stereocenters. The van der Waals surface area contributed by atoms with Crippen LogP contribution in [0.15, 0.2) is 89.2 Å². The highest BCUT2D eigenvalue weighted by atomic mass is 32.1. The van der Waals surface area contributed by atoms with Crippen LogP contribution < -0.4 is 9.64 Å². The van der Waals surface area contributed by atoms with Gasteiger partial charge in [-0.3, -0.25) is 19.2 Å². The molecule has 6 aliphatic heterocycles. The number of imidazole rings is 1. The topological polar surface area (TPSA) is 159 Å². The Hall–Kier alpha value is -4.85. The number of anilines is 1. The molecule has 0 aromatic carbocycles. The van der Waals surface area contributed by atoms with Crippen molar-refractivity contribution < 1.29 is 23.7 Å². The van der Waals surface area contributed by atoms with Crippen molar-refractivity contribution in [3.8, 4) is 11.0 Å². The number of ether oxygens (including phenoxy) is 4. The first-order valence-corrected chi connectivity index (χ1v) is 56.0. The summed E-state index contributed by atoms with van der Waals surface area (Å²) in [6, 6.07) is 11.7. The Labute approximate surface area is 843 Å². The lowest BCUT2D eigenvalue weighted by Gasteiger charge is -2.38. The highest BCUT2D eigenvalue weighted by Crippen LogP contribution is 2.33. The largest absolute Gasteiger partial charge is 0.472 e. The van der Waals surface area contributed by atoms with E-state index >= 15 is 0 Å². The van der Waals surface area contributed by atoms with Gasteiger partial charge in [0, 0.05) is 125 Å². The lowest BCUT2D eigenvalue weighted by Crippen LogP contribution is -2.44. The molecule has 6 aromatic heterocycles. The normalized spacial score (nSPS) is 16.9. The number of hydrogen-bond acceptors (Lipinski definition) is 20. The summed E-state index contributed by atoms with van der Waals surface area (Å²) >= 11 is 5.05. The number of carbonyl (C=O) groups is 1. The van der Waals surface area contributed by atoms with Gasteiger partial charge < -0.3 is 48.3 Å². The number of methoxy groups -OCH3 is 1. The van der Waals surface area contributed by atoms with Gasteiger partial charge in [0.1, 0.15) is 11.9 Å². The van der Waals surface area contributed by atoms with Crippen molar-refractivity contribution in [1.29, 1.82) is 0 Å². The fourth-order valence-corrected chi connectivity index (χ4v) is 19.2. The minimum Gasteiger partial charge on any atom is -0.472 e. The van der Waals surface area contributed by atoms with E-state index in [1.807, 2.05) is 85.6 Å². The smallest absolute Gasteiger partial charge is 0.219 e. The number of piperidine rings is 6. The van der Waals surface area contributed by atoms with Crippen molar-refractivity contribution in [3.05, 3.63) is 112 Å². The van der Waals surface area contributed by atoms with Gasteiger partial charge in [0.2, 0.25) is 11.8 Å². The summed E-state index contributed by atoms with van der Waals surface area (Å²) in [5.41, 5.74) is 8.29. The molecule has 778 valence electrons. The van der Waals surface area contributed by atoms with Crippen molar-refractivity contribution in [2.45, 2.75) is 435 Å². The molecule has 6 saturated heterocycles. The quantitative estimate of drug-likeness (QED) is 0.0504. The minimum absolute atomic E-state index is 0.0664. The summed E-state index contributed by atoms with van der Waals surface area (Å²) in [4.78, 5) is 53.7. The Balaban J connectivity index is 0.000000504. The van der Waals surface area contributed by atoms with Crippen LogP contribution in [0.25, 0.3) is 5.13 Å². The van der Waals surface area contributed by atoms with Gasteiger partial charge in [0.15, 0.2) is 10.3 Å². The molecule has 0 bridgehead atoms. The first-order valence-electron chi connectivity index (χ1n) is 53.3. The molecule has 19 nitrogen and oxygen atoms in total. The lowest BCUT2D eigenvalue weighted by molar-refractivity contribution is -0.134. The fourth-order valence-electron chi connectivity index (χ4n) is 16.4. The molecule has 0 saturated carbocycles. The van der Waals surface area contributed by atoms with Crippen LogP contribution in [-0.2, 0) is 25.4 Å². The third kappa shape index (κ3) is 63.6. The molecule has 6 fully saturated rings. The van der Waals surface area contributed by atoms with Crippen LogP contribution in [0, 0.1) is 28.1 Å². The number of carbonyl (C=O) groups excluding carboxylic acids is 1. The Morgan fingerprint density at radius 3 is 1.25 bits per heavy atom. The molecule has 135 heavy (non-hydrogen) atoms. The van der Waals surface area contributed by atoms with Crippen LogP contribution >= 0.6 is 34.0 Å². The summed E-state index contributed by atoms with van der Waals surface area (Å²) < 4.78 is 24.4. The Bertz CT molecular complexity index is 3670.